The normalized spacial score (nSPS) is 11.0. The van der Waals surface area contributed by atoms with E-state index in [4.69, 9.17) is 9.47 Å². The van der Waals surface area contributed by atoms with Crippen LogP contribution in [0.3, 0.4) is 0 Å². The van der Waals surface area contributed by atoms with E-state index in [0.717, 1.165) is 34.3 Å². The summed E-state index contributed by atoms with van der Waals surface area (Å²) in [5, 5.41) is 0. The summed E-state index contributed by atoms with van der Waals surface area (Å²) in [5.41, 5.74) is 3.20. The number of benzene rings is 2. The van der Waals surface area contributed by atoms with Crippen molar-refractivity contribution in [3.05, 3.63) is 52.0 Å². The molecule has 0 saturated carbocycles. The third-order valence-corrected chi connectivity index (χ3v) is 4.00. The minimum Gasteiger partial charge on any atom is -0.493 e. The molecule has 0 heterocycles. The molecule has 0 bridgehead atoms. The lowest BCUT2D eigenvalue weighted by atomic mass is 10.1. The van der Waals surface area contributed by atoms with Crippen LogP contribution in [0.25, 0.3) is 0 Å². The second kappa shape index (κ2) is 8.73. The quantitative estimate of drug-likeness (QED) is 0.593. The van der Waals surface area contributed by atoms with Crippen molar-refractivity contribution in [2.75, 3.05) is 13.7 Å². The van der Waals surface area contributed by atoms with Gasteiger partial charge in [-0.15, -0.1) is 0 Å². The van der Waals surface area contributed by atoms with Crippen molar-refractivity contribution in [1.82, 2.24) is 0 Å². The summed E-state index contributed by atoms with van der Waals surface area (Å²) >= 11 is 3.55. The largest absolute Gasteiger partial charge is 0.493 e. The highest BCUT2D eigenvalue weighted by molar-refractivity contribution is 9.10. The number of aryl methyl sites for hydroxylation is 1. The molecule has 0 amide bonds. The van der Waals surface area contributed by atoms with Gasteiger partial charge in [0.15, 0.2) is 11.5 Å². The van der Waals surface area contributed by atoms with Crippen LogP contribution in [-0.4, -0.2) is 19.9 Å². The number of methoxy groups -OCH3 is 1. The Balaban J connectivity index is 2.21. The van der Waals surface area contributed by atoms with E-state index in [2.05, 4.69) is 46.9 Å². The third-order valence-electron chi connectivity index (χ3n) is 3.41. The van der Waals surface area contributed by atoms with Crippen LogP contribution in [-0.2, 0) is 6.42 Å². The number of hydrogen-bond acceptors (Lipinski definition) is 3. The van der Waals surface area contributed by atoms with Gasteiger partial charge in [0.2, 0.25) is 0 Å². The molecule has 0 N–H and O–H groups in total. The minimum atomic E-state index is 0.659. The van der Waals surface area contributed by atoms with E-state index >= 15 is 0 Å². The van der Waals surface area contributed by atoms with Gasteiger partial charge in [-0.2, -0.15) is 0 Å². The van der Waals surface area contributed by atoms with E-state index in [1.807, 2.05) is 30.5 Å². The van der Waals surface area contributed by atoms with Crippen LogP contribution < -0.4 is 9.47 Å². The number of ether oxygens (including phenoxy) is 2. The van der Waals surface area contributed by atoms with E-state index in [0.29, 0.717) is 12.4 Å². The Bertz CT molecular complexity index is 666. The summed E-state index contributed by atoms with van der Waals surface area (Å²) < 4.78 is 12.0. The Hall–Kier alpha value is -1.81. The topological polar surface area (TPSA) is 30.8 Å². The van der Waals surface area contributed by atoms with Crippen LogP contribution >= 0.6 is 15.9 Å². The summed E-state index contributed by atoms with van der Waals surface area (Å²) in [7, 11) is 1.64. The first-order chi connectivity index (χ1) is 11.2. The van der Waals surface area contributed by atoms with Crippen LogP contribution in [0.5, 0.6) is 11.5 Å². The lowest BCUT2D eigenvalue weighted by Gasteiger charge is -2.12. The van der Waals surface area contributed by atoms with E-state index in [9.17, 15) is 0 Å². The maximum Gasteiger partial charge on any atom is 0.175 e. The van der Waals surface area contributed by atoms with Gasteiger partial charge in [0.1, 0.15) is 0 Å². The van der Waals surface area contributed by atoms with Gasteiger partial charge in [-0.3, -0.25) is 4.99 Å². The van der Waals surface area contributed by atoms with Crippen LogP contribution in [0.2, 0.25) is 0 Å². The van der Waals surface area contributed by atoms with Gasteiger partial charge in [-0.25, -0.2) is 0 Å². The van der Waals surface area contributed by atoms with E-state index in [1.54, 1.807) is 7.11 Å². The van der Waals surface area contributed by atoms with Crippen molar-refractivity contribution in [3.8, 4) is 11.5 Å². The molecule has 0 fully saturated rings. The number of rotatable bonds is 7. The maximum absolute atomic E-state index is 5.73. The highest BCUT2D eigenvalue weighted by atomic mass is 79.9. The van der Waals surface area contributed by atoms with Crippen LogP contribution in [0.4, 0.5) is 5.69 Å². The molecule has 122 valence electrons. The Labute approximate surface area is 146 Å². The van der Waals surface area contributed by atoms with Crippen molar-refractivity contribution >= 4 is 27.8 Å². The standard InChI is InChI=1S/C19H22BrNO2/c1-4-10-23-19-17(20)11-15(12-18(19)22-3)13-21-16-8-6-14(5-2)7-9-16/h6-9,11-13H,4-5,10H2,1-3H3. The molecule has 0 atom stereocenters. The molecule has 4 heteroatoms. The monoisotopic (exact) mass is 375 g/mol. The van der Waals surface area contributed by atoms with Gasteiger partial charge >= 0.3 is 0 Å². The molecule has 2 rings (SSSR count). The number of nitrogens with zero attached hydrogens (tertiary/aromatic N) is 1. The molecule has 0 aliphatic heterocycles. The zero-order valence-corrected chi connectivity index (χ0v) is 15.4. The summed E-state index contributed by atoms with van der Waals surface area (Å²) in [6.45, 7) is 4.88. The van der Waals surface area contributed by atoms with Crippen molar-refractivity contribution < 1.29 is 9.47 Å². The highest BCUT2D eigenvalue weighted by Gasteiger charge is 2.10. The van der Waals surface area contributed by atoms with E-state index < -0.39 is 0 Å². The molecule has 0 aliphatic carbocycles. The average Bonchev–Trinajstić information content (AvgIpc) is 2.59. The molecule has 23 heavy (non-hydrogen) atoms. The smallest absolute Gasteiger partial charge is 0.175 e. The van der Waals surface area contributed by atoms with Gasteiger partial charge in [-0.1, -0.05) is 26.0 Å². The Morgan fingerprint density at radius 1 is 1.13 bits per heavy atom. The highest BCUT2D eigenvalue weighted by Crippen LogP contribution is 2.36. The molecule has 0 aliphatic rings. The molecule has 3 nitrogen and oxygen atoms in total. The zero-order valence-electron chi connectivity index (χ0n) is 13.8. The van der Waals surface area contributed by atoms with Crippen LogP contribution in [0.1, 0.15) is 31.4 Å². The first-order valence-electron chi connectivity index (χ1n) is 7.81. The fourth-order valence-electron chi connectivity index (χ4n) is 2.13. The van der Waals surface area contributed by atoms with E-state index in [-0.39, 0.29) is 0 Å². The Kier molecular flexibility index (Phi) is 6.66. The molecular weight excluding hydrogens is 354 g/mol. The fraction of sp³-hybridized carbons (Fsp3) is 0.316. The predicted molar refractivity (Wildman–Crippen MR) is 99.6 cm³/mol. The fourth-order valence-corrected chi connectivity index (χ4v) is 2.70. The first-order valence-corrected chi connectivity index (χ1v) is 8.60. The molecule has 2 aromatic carbocycles. The lowest BCUT2D eigenvalue weighted by molar-refractivity contribution is 0.292. The Morgan fingerprint density at radius 2 is 1.87 bits per heavy atom. The molecule has 0 unspecified atom stereocenters. The lowest BCUT2D eigenvalue weighted by Crippen LogP contribution is -1.99. The van der Waals surface area contributed by atoms with E-state index in [1.165, 1.54) is 5.56 Å². The van der Waals surface area contributed by atoms with Crippen molar-refractivity contribution in [1.29, 1.82) is 0 Å². The number of aliphatic imine (C=N–C) groups is 1. The summed E-state index contributed by atoms with van der Waals surface area (Å²) in [6, 6.07) is 12.2. The Morgan fingerprint density at radius 3 is 2.48 bits per heavy atom. The zero-order chi connectivity index (χ0) is 16.7. The van der Waals surface area contributed by atoms with Gasteiger partial charge in [0, 0.05) is 6.21 Å². The molecule has 0 radical (unpaired) electrons. The number of hydrogen-bond donors (Lipinski definition) is 0. The summed E-state index contributed by atoms with van der Waals surface area (Å²) in [4.78, 5) is 4.52. The van der Waals surface area contributed by atoms with Gasteiger partial charge < -0.3 is 9.47 Å². The maximum atomic E-state index is 5.73. The number of halogens is 1. The van der Waals surface area contributed by atoms with Crippen LogP contribution in [0.15, 0.2) is 45.9 Å². The first kappa shape index (κ1) is 17.5. The SMILES string of the molecule is CCCOc1c(Br)cc(C=Nc2ccc(CC)cc2)cc1OC. The van der Waals surface area contributed by atoms with Crippen molar-refractivity contribution in [2.45, 2.75) is 26.7 Å². The molecule has 0 saturated heterocycles. The summed E-state index contributed by atoms with van der Waals surface area (Å²) in [5.74, 6) is 1.44. The van der Waals surface area contributed by atoms with Crippen LogP contribution in [0, 0.1) is 0 Å². The second-order valence-electron chi connectivity index (χ2n) is 5.16. The van der Waals surface area contributed by atoms with Crippen molar-refractivity contribution in [2.24, 2.45) is 4.99 Å². The molecule has 0 spiro atoms. The second-order valence-corrected chi connectivity index (χ2v) is 6.02. The van der Waals surface area contributed by atoms with Gasteiger partial charge in [-0.05, 0) is 64.2 Å². The summed E-state index contributed by atoms with van der Waals surface area (Å²) in [6.07, 6.45) is 3.82. The van der Waals surface area contributed by atoms with Gasteiger partial charge in [0.05, 0.1) is 23.9 Å². The molecular formula is C19H22BrNO2. The molecule has 2 aromatic rings. The average molecular weight is 376 g/mol. The van der Waals surface area contributed by atoms with Gasteiger partial charge in [0.25, 0.3) is 0 Å². The third kappa shape index (κ3) is 4.83. The molecule has 0 aromatic heterocycles. The minimum absolute atomic E-state index is 0.659. The predicted octanol–water partition coefficient (Wildman–Crippen LogP) is 5.56. The van der Waals surface area contributed by atoms with Crippen molar-refractivity contribution in [3.63, 3.8) is 0 Å².